The van der Waals surface area contributed by atoms with Crippen molar-refractivity contribution in [2.45, 2.75) is 45.8 Å². The van der Waals surface area contributed by atoms with Gasteiger partial charge in [0.2, 0.25) is 5.91 Å². The van der Waals surface area contributed by atoms with E-state index < -0.39 is 28.4 Å². The van der Waals surface area contributed by atoms with Crippen molar-refractivity contribution in [1.82, 2.24) is 28.6 Å². The average Bonchev–Trinajstić information content (AvgIpc) is 3.10. The van der Waals surface area contributed by atoms with Gasteiger partial charge in [0.1, 0.15) is 6.04 Å². The highest BCUT2D eigenvalue weighted by atomic mass is 32.2. The Hall–Kier alpha value is -2.18. The minimum absolute atomic E-state index is 0.253. The zero-order valence-corrected chi connectivity index (χ0v) is 18.7. The van der Waals surface area contributed by atoms with Crippen molar-refractivity contribution in [3.05, 3.63) is 17.5 Å². The number of rotatable bonds is 4. The van der Waals surface area contributed by atoms with Crippen LogP contribution >= 0.6 is 0 Å². The highest BCUT2D eigenvalue weighted by Crippen LogP contribution is 2.30. The molecule has 2 atom stereocenters. The van der Waals surface area contributed by atoms with Crippen LogP contribution in [0.2, 0.25) is 0 Å². The second-order valence-corrected chi connectivity index (χ2v) is 9.24. The molecule has 1 aromatic heterocycles. The van der Waals surface area contributed by atoms with Crippen molar-refractivity contribution in [3.8, 4) is 0 Å². The summed E-state index contributed by atoms with van der Waals surface area (Å²) in [5, 5.41) is 4.39. The molecular weight excluding hydrogens is 412 g/mol. The number of aryl methyl sites for hydroxylation is 2. The topological polar surface area (TPSA) is 117 Å². The van der Waals surface area contributed by atoms with E-state index in [-0.39, 0.29) is 5.91 Å². The third kappa shape index (κ3) is 4.44. The van der Waals surface area contributed by atoms with Crippen LogP contribution in [0, 0.1) is 6.92 Å². The fourth-order valence-corrected chi connectivity index (χ4v) is 5.13. The van der Waals surface area contributed by atoms with Gasteiger partial charge in [0, 0.05) is 51.5 Å². The van der Waals surface area contributed by atoms with Gasteiger partial charge in [-0.3, -0.25) is 9.48 Å². The number of hydrogen-bond donors (Lipinski definition) is 1. The molecule has 2 aliphatic heterocycles. The molecule has 0 saturated carbocycles. The zero-order chi connectivity index (χ0) is 22.1. The van der Waals surface area contributed by atoms with Crippen LogP contribution in [0.25, 0.3) is 0 Å². The summed E-state index contributed by atoms with van der Waals surface area (Å²) >= 11 is 0. The lowest BCUT2D eigenvalue weighted by Crippen LogP contribution is -2.60. The van der Waals surface area contributed by atoms with Crippen molar-refractivity contribution in [1.29, 1.82) is 0 Å². The highest BCUT2D eigenvalue weighted by molar-refractivity contribution is 7.87. The molecule has 11 nitrogen and oxygen atoms in total. The molecule has 1 N–H and O–H groups in total. The molecule has 0 bridgehead atoms. The molecule has 2 saturated heterocycles. The number of amides is 2. The van der Waals surface area contributed by atoms with Crippen LogP contribution < -0.4 is 4.72 Å². The van der Waals surface area contributed by atoms with Gasteiger partial charge in [-0.25, -0.2) is 4.79 Å². The second-order valence-electron chi connectivity index (χ2n) is 7.48. The summed E-state index contributed by atoms with van der Waals surface area (Å²) in [6.45, 7) is 7.90. The largest absolute Gasteiger partial charge is 0.450 e. The normalized spacial score (nSPS) is 24.7. The summed E-state index contributed by atoms with van der Waals surface area (Å²) in [6, 6.07) is -1.35. The fourth-order valence-electron chi connectivity index (χ4n) is 3.87. The summed E-state index contributed by atoms with van der Waals surface area (Å²) in [6.07, 6.45) is 1.74. The smallest absolute Gasteiger partial charge is 0.409 e. The van der Waals surface area contributed by atoms with Crippen LogP contribution in [0.1, 0.15) is 37.6 Å². The lowest BCUT2D eigenvalue weighted by molar-refractivity contribution is -0.137. The number of nitrogens with zero attached hydrogens (tertiary/aromatic N) is 5. The maximum atomic E-state index is 13.2. The first-order valence-corrected chi connectivity index (χ1v) is 11.6. The molecule has 0 aromatic carbocycles. The Morgan fingerprint density at radius 3 is 2.40 bits per heavy atom. The molecule has 0 unspecified atom stereocenters. The predicted molar refractivity (Wildman–Crippen MR) is 109 cm³/mol. The van der Waals surface area contributed by atoms with Gasteiger partial charge in [-0.15, -0.1) is 0 Å². The number of carbonyl (C=O) groups is 2. The van der Waals surface area contributed by atoms with Crippen molar-refractivity contribution >= 4 is 22.2 Å². The predicted octanol–water partition coefficient (Wildman–Crippen LogP) is 0.0917. The summed E-state index contributed by atoms with van der Waals surface area (Å²) < 4.78 is 35.9. The fraction of sp³-hybridized carbons (Fsp3) is 0.722. The zero-order valence-electron chi connectivity index (χ0n) is 17.9. The number of piperazine rings is 1. The number of ether oxygens (including phenoxy) is 1. The number of nitrogens with one attached hydrogen (secondary N) is 1. The van der Waals surface area contributed by atoms with E-state index in [1.807, 2.05) is 20.0 Å². The maximum absolute atomic E-state index is 13.2. The molecule has 0 aliphatic carbocycles. The van der Waals surface area contributed by atoms with Crippen LogP contribution in [-0.2, 0) is 26.3 Å². The lowest BCUT2D eigenvalue weighted by Gasteiger charge is -2.40. The Morgan fingerprint density at radius 2 is 1.83 bits per heavy atom. The third-order valence-corrected chi connectivity index (χ3v) is 7.25. The van der Waals surface area contributed by atoms with E-state index in [0.717, 1.165) is 15.6 Å². The highest BCUT2D eigenvalue weighted by Gasteiger charge is 2.43. The maximum Gasteiger partial charge on any atom is 0.409 e. The Morgan fingerprint density at radius 1 is 1.20 bits per heavy atom. The number of hydrogen-bond acceptors (Lipinski definition) is 6. The lowest BCUT2D eigenvalue weighted by atomic mass is 9.99. The SMILES string of the molecule is CCOC(=O)N1CCN(C(=O)[C@@H]2C[C@H](c3cn(CC)nc3C)NS(=O)(=O)N2C)CC1. The van der Waals surface area contributed by atoms with Gasteiger partial charge in [0.25, 0.3) is 10.2 Å². The molecule has 3 rings (SSSR count). The first kappa shape index (κ1) is 22.5. The van der Waals surface area contributed by atoms with Gasteiger partial charge in [-0.05, 0) is 27.2 Å². The molecule has 12 heteroatoms. The van der Waals surface area contributed by atoms with E-state index in [9.17, 15) is 18.0 Å². The van der Waals surface area contributed by atoms with Crippen LogP contribution in [0.3, 0.4) is 0 Å². The van der Waals surface area contributed by atoms with Crippen molar-refractivity contribution in [2.75, 3.05) is 39.8 Å². The Kier molecular flexibility index (Phi) is 6.68. The molecule has 2 amide bonds. The van der Waals surface area contributed by atoms with E-state index in [4.69, 9.17) is 4.74 Å². The Bertz CT molecular complexity index is 893. The third-order valence-electron chi connectivity index (χ3n) is 5.65. The summed E-state index contributed by atoms with van der Waals surface area (Å²) in [4.78, 5) is 28.3. The molecule has 168 valence electrons. The van der Waals surface area contributed by atoms with Gasteiger partial charge in [-0.1, -0.05) is 0 Å². The van der Waals surface area contributed by atoms with Gasteiger partial charge < -0.3 is 14.5 Å². The second kappa shape index (κ2) is 8.90. The summed E-state index contributed by atoms with van der Waals surface area (Å²) in [7, 11) is -2.41. The minimum Gasteiger partial charge on any atom is -0.450 e. The quantitative estimate of drug-likeness (QED) is 0.706. The molecule has 3 heterocycles. The van der Waals surface area contributed by atoms with Gasteiger partial charge in [0.05, 0.1) is 18.3 Å². The average molecular weight is 443 g/mol. The molecule has 0 spiro atoms. The minimum atomic E-state index is -3.82. The number of likely N-dealkylation sites (N-methyl/N-ethyl adjacent to an activating group) is 1. The van der Waals surface area contributed by atoms with Crippen LogP contribution in [0.5, 0.6) is 0 Å². The van der Waals surface area contributed by atoms with Gasteiger partial charge >= 0.3 is 6.09 Å². The van der Waals surface area contributed by atoms with Crippen LogP contribution in [0.15, 0.2) is 6.20 Å². The Labute approximate surface area is 177 Å². The van der Waals surface area contributed by atoms with Crippen LogP contribution in [-0.4, -0.2) is 90.2 Å². The van der Waals surface area contributed by atoms with Crippen molar-refractivity contribution in [2.24, 2.45) is 0 Å². The molecule has 1 aromatic rings. The van der Waals surface area contributed by atoms with E-state index in [0.29, 0.717) is 45.8 Å². The van der Waals surface area contributed by atoms with E-state index in [2.05, 4.69) is 9.82 Å². The van der Waals surface area contributed by atoms with E-state index >= 15 is 0 Å². The number of aromatic nitrogens is 2. The van der Waals surface area contributed by atoms with Crippen molar-refractivity contribution in [3.63, 3.8) is 0 Å². The van der Waals surface area contributed by atoms with E-state index in [1.54, 1.807) is 21.4 Å². The summed E-state index contributed by atoms with van der Waals surface area (Å²) in [5.41, 5.74) is 1.52. The van der Waals surface area contributed by atoms with Crippen LogP contribution in [0.4, 0.5) is 4.79 Å². The first-order chi connectivity index (χ1) is 14.2. The molecule has 0 radical (unpaired) electrons. The van der Waals surface area contributed by atoms with Gasteiger partial charge in [0.15, 0.2) is 0 Å². The molecule has 2 fully saturated rings. The molecular formula is C18H30N6O5S. The first-order valence-electron chi connectivity index (χ1n) is 10.2. The standard InChI is InChI=1S/C18H30N6O5S/c1-5-24-12-14(13(3)19-24)15-11-16(21(4)30(27,28)20-15)17(25)22-7-9-23(10-8-22)18(26)29-6-2/h12,15-16,20H,5-11H2,1-4H3/t15-,16+/m1/s1. The van der Waals surface area contributed by atoms with Gasteiger partial charge in [-0.2, -0.15) is 22.5 Å². The van der Waals surface area contributed by atoms with E-state index in [1.165, 1.54) is 7.05 Å². The monoisotopic (exact) mass is 442 g/mol. The number of carbonyl (C=O) groups excluding carboxylic acids is 2. The summed E-state index contributed by atoms with van der Waals surface area (Å²) in [5.74, 6) is -0.253. The Balaban J connectivity index is 1.74. The molecule has 30 heavy (non-hydrogen) atoms. The van der Waals surface area contributed by atoms with Crippen molar-refractivity contribution < 1.29 is 22.7 Å². The molecule has 2 aliphatic rings.